The molecule has 1 heterocycles. The molecule has 1 fully saturated rings. The summed E-state index contributed by atoms with van der Waals surface area (Å²) < 4.78 is 0. The molecule has 1 aromatic carbocycles. The van der Waals surface area contributed by atoms with Crippen LogP contribution in [-0.2, 0) is 4.79 Å². The van der Waals surface area contributed by atoms with Crippen molar-refractivity contribution in [3.63, 3.8) is 0 Å². The minimum absolute atomic E-state index is 0.107. The lowest BCUT2D eigenvalue weighted by molar-refractivity contribution is -0.129. The number of nitrogens with zero attached hydrogens (tertiary/aromatic N) is 1. The molecule has 1 aliphatic rings. The summed E-state index contributed by atoms with van der Waals surface area (Å²) in [6.45, 7) is 2.70. The zero-order chi connectivity index (χ0) is 14.0. The molecule has 0 aliphatic carbocycles. The summed E-state index contributed by atoms with van der Waals surface area (Å²) in [5.74, 6) is -0.829. The van der Waals surface area contributed by atoms with Gasteiger partial charge in [-0.3, -0.25) is 19.8 Å². The molecule has 1 aromatic rings. The van der Waals surface area contributed by atoms with Crippen LogP contribution in [0.2, 0.25) is 5.02 Å². The van der Waals surface area contributed by atoms with Gasteiger partial charge in [-0.1, -0.05) is 11.6 Å². The summed E-state index contributed by atoms with van der Waals surface area (Å²) >= 11 is 5.72. The van der Waals surface area contributed by atoms with Gasteiger partial charge in [-0.05, 0) is 31.2 Å². The van der Waals surface area contributed by atoms with E-state index in [9.17, 15) is 14.7 Å². The van der Waals surface area contributed by atoms with Gasteiger partial charge in [0.15, 0.2) is 0 Å². The minimum Gasteiger partial charge on any atom is -0.388 e. The van der Waals surface area contributed by atoms with Crippen molar-refractivity contribution in [2.24, 2.45) is 0 Å². The second kappa shape index (κ2) is 5.28. The first kappa shape index (κ1) is 14.0. The van der Waals surface area contributed by atoms with E-state index in [4.69, 9.17) is 11.6 Å². The first-order valence-corrected chi connectivity index (χ1v) is 6.28. The minimum atomic E-state index is -0.722. The maximum absolute atomic E-state index is 11.7. The van der Waals surface area contributed by atoms with Crippen LogP contribution < -0.4 is 5.32 Å². The lowest BCUT2D eigenvalue weighted by Gasteiger charge is -2.43. The van der Waals surface area contributed by atoms with Crippen molar-refractivity contribution < 1.29 is 14.7 Å². The van der Waals surface area contributed by atoms with Gasteiger partial charge in [0, 0.05) is 23.7 Å². The maximum Gasteiger partial charge on any atom is 0.257 e. The third kappa shape index (κ3) is 3.76. The first-order chi connectivity index (χ1) is 8.85. The highest BCUT2D eigenvalue weighted by Crippen LogP contribution is 2.18. The van der Waals surface area contributed by atoms with Gasteiger partial charge < -0.3 is 5.11 Å². The number of carbonyl (C=O) groups excluding carboxylic acids is 2. The summed E-state index contributed by atoms with van der Waals surface area (Å²) in [5.41, 5.74) is -0.339. The summed E-state index contributed by atoms with van der Waals surface area (Å²) in [5, 5.41) is 12.4. The summed E-state index contributed by atoms with van der Waals surface area (Å²) in [4.78, 5) is 25.1. The molecule has 0 atom stereocenters. The van der Waals surface area contributed by atoms with Gasteiger partial charge in [0.2, 0.25) is 5.91 Å². The Morgan fingerprint density at radius 2 is 1.95 bits per heavy atom. The van der Waals surface area contributed by atoms with Crippen molar-refractivity contribution in [3.05, 3.63) is 34.9 Å². The number of nitrogens with one attached hydrogen (secondary N) is 1. The van der Waals surface area contributed by atoms with Gasteiger partial charge in [-0.15, -0.1) is 0 Å². The fourth-order valence-corrected chi connectivity index (χ4v) is 2.20. The molecular formula is C13H15ClN2O3. The lowest BCUT2D eigenvalue weighted by Crippen LogP contribution is -2.61. The standard InChI is InChI=1S/C13H15ClN2O3/c1-13(19)7-16(8-13)6-11(17)15-12(18)9-2-4-10(14)5-3-9/h2-5,19H,6-8H2,1H3,(H,15,17,18). The number of imide groups is 1. The Bertz CT molecular complexity index is 491. The first-order valence-electron chi connectivity index (χ1n) is 5.90. The molecule has 0 spiro atoms. The molecule has 0 saturated carbocycles. The van der Waals surface area contributed by atoms with E-state index in [0.29, 0.717) is 23.7 Å². The fourth-order valence-electron chi connectivity index (χ4n) is 2.07. The van der Waals surface area contributed by atoms with Crippen LogP contribution in [0, 0.1) is 0 Å². The van der Waals surface area contributed by atoms with Crippen molar-refractivity contribution >= 4 is 23.4 Å². The lowest BCUT2D eigenvalue weighted by atomic mass is 9.97. The number of likely N-dealkylation sites (tertiary alicyclic amines) is 1. The molecule has 102 valence electrons. The molecule has 1 saturated heterocycles. The third-order valence-electron chi connectivity index (χ3n) is 2.86. The molecule has 0 radical (unpaired) electrons. The third-order valence-corrected chi connectivity index (χ3v) is 3.11. The van der Waals surface area contributed by atoms with Crippen molar-refractivity contribution in [2.45, 2.75) is 12.5 Å². The van der Waals surface area contributed by atoms with E-state index in [1.54, 1.807) is 36.1 Å². The van der Waals surface area contributed by atoms with Gasteiger partial charge in [0.05, 0.1) is 12.1 Å². The Morgan fingerprint density at radius 3 is 2.47 bits per heavy atom. The quantitative estimate of drug-likeness (QED) is 0.855. The van der Waals surface area contributed by atoms with E-state index in [2.05, 4.69) is 5.32 Å². The fraction of sp³-hybridized carbons (Fsp3) is 0.385. The number of β-amino-alcohol motifs (C(OH)–C–C–N with tert-alkyl or cyclic N) is 1. The molecule has 2 rings (SSSR count). The molecule has 19 heavy (non-hydrogen) atoms. The normalized spacial score (nSPS) is 17.6. The predicted molar refractivity (Wildman–Crippen MR) is 71.0 cm³/mol. The monoisotopic (exact) mass is 282 g/mol. The topological polar surface area (TPSA) is 69.6 Å². The van der Waals surface area contributed by atoms with E-state index >= 15 is 0 Å². The number of benzene rings is 1. The van der Waals surface area contributed by atoms with E-state index in [1.807, 2.05) is 0 Å². The van der Waals surface area contributed by atoms with E-state index < -0.39 is 11.5 Å². The smallest absolute Gasteiger partial charge is 0.257 e. The largest absolute Gasteiger partial charge is 0.388 e. The van der Waals surface area contributed by atoms with Gasteiger partial charge in [0.25, 0.3) is 5.91 Å². The Morgan fingerprint density at radius 1 is 1.37 bits per heavy atom. The molecule has 0 unspecified atom stereocenters. The Hall–Kier alpha value is -1.43. The van der Waals surface area contributed by atoms with Crippen LogP contribution in [0.4, 0.5) is 0 Å². The second-order valence-electron chi connectivity index (χ2n) is 5.03. The van der Waals surface area contributed by atoms with Crippen LogP contribution in [0.3, 0.4) is 0 Å². The van der Waals surface area contributed by atoms with Crippen molar-refractivity contribution in [1.29, 1.82) is 0 Å². The number of halogens is 1. The number of aliphatic hydroxyl groups is 1. The predicted octanol–water partition coefficient (Wildman–Crippen LogP) is 0.663. The molecule has 1 aliphatic heterocycles. The van der Waals surface area contributed by atoms with Crippen LogP contribution in [0.1, 0.15) is 17.3 Å². The SMILES string of the molecule is CC1(O)CN(CC(=O)NC(=O)c2ccc(Cl)cc2)C1. The van der Waals surface area contributed by atoms with Crippen LogP contribution in [-0.4, -0.2) is 47.1 Å². The molecule has 2 amide bonds. The Balaban J connectivity index is 1.82. The second-order valence-corrected chi connectivity index (χ2v) is 5.46. The number of rotatable bonds is 3. The van der Waals surface area contributed by atoms with Gasteiger partial charge in [-0.25, -0.2) is 0 Å². The molecule has 0 bridgehead atoms. The van der Waals surface area contributed by atoms with Crippen LogP contribution in [0.25, 0.3) is 0 Å². The van der Waals surface area contributed by atoms with Gasteiger partial charge >= 0.3 is 0 Å². The molecule has 2 N–H and O–H groups in total. The molecule has 0 aromatic heterocycles. The van der Waals surface area contributed by atoms with E-state index in [1.165, 1.54) is 0 Å². The number of hydrogen-bond donors (Lipinski definition) is 2. The van der Waals surface area contributed by atoms with Crippen LogP contribution in [0.15, 0.2) is 24.3 Å². The zero-order valence-electron chi connectivity index (χ0n) is 10.5. The Labute approximate surface area is 116 Å². The highest BCUT2D eigenvalue weighted by atomic mass is 35.5. The van der Waals surface area contributed by atoms with Crippen molar-refractivity contribution in [1.82, 2.24) is 10.2 Å². The summed E-state index contributed by atoms with van der Waals surface area (Å²) in [6, 6.07) is 6.29. The molecule has 5 nitrogen and oxygen atoms in total. The number of amides is 2. The van der Waals surface area contributed by atoms with Crippen molar-refractivity contribution in [3.8, 4) is 0 Å². The average Bonchev–Trinajstić information content (AvgIpc) is 2.27. The molecule has 6 heteroatoms. The number of carbonyl (C=O) groups is 2. The van der Waals surface area contributed by atoms with Gasteiger partial charge in [0.1, 0.15) is 0 Å². The van der Waals surface area contributed by atoms with Gasteiger partial charge in [-0.2, -0.15) is 0 Å². The highest BCUT2D eigenvalue weighted by Gasteiger charge is 2.37. The van der Waals surface area contributed by atoms with Crippen molar-refractivity contribution in [2.75, 3.05) is 19.6 Å². The van der Waals surface area contributed by atoms with E-state index in [0.717, 1.165) is 0 Å². The number of hydrogen-bond acceptors (Lipinski definition) is 4. The average molecular weight is 283 g/mol. The van der Waals surface area contributed by atoms with Crippen LogP contribution >= 0.6 is 11.6 Å². The molecular weight excluding hydrogens is 268 g/mol. The van der Waals surface area contributed by atoms with E-state index in [-0.39, 0.29) is 12.5 Å². The summed E-state index contributed by atoms with van der Waals surface area (Å²) in [6.07, 6.45) is 0. The Kier molecular flexibility index (Phi) is 3.89. The summed E-state index contributed by atoms with van der Waals surface area (Å²) in [7, 11) is 0. The zero-order valence-corrected chi connectivity index (χ0v) is 11.3. The maximum atomic E-state index is 11.7. The highest BCUT2D eigenvalue weighted by molar-refractivity contribution is 6.30. The van der Waals surface area contributed by atoms with Crippen LogP contribution in [0.5, 0.6) is 0 Å².